The molecule has 0 aliphatic carbocycles. The van der Waals surface area contributed by atoms with Crippen LogP contribution < -0.4 is 0 Å². The van der Waals surface area contributed by atoms with Crippen LogP contribution in [0.15, 0.2) is 25.3 Å². The first-order chi connectivity index (χ1) is 18.1. The summed E-state index contributed by atoms with van der Waals surface area (Å²) < 4.78 is 9.71. The second-order valence-corrected chi connectivity index (χ2v) is 13.3. The van der Waals surface area contributed by atoms with Crippen molar-refractivity contribution in [3.8, 4) is 0 Å². The molecule has 2 unspecified atom stereocenters. The van der Waals surface area contributed by atoms with Crippen LogP contribution in [0.4, 0.5) is 0 Å². The molecule has 4 aliphatic heterocycles. The average Bonchev–Trinajstić information content (AvgIpc) is 3.46. The van der Waals surface area contributed by atoms with Gasteiger partial charge in [0.15, 0.2) is 0 Å². The molecule has 0 radical (unpaired) electrons. The van der Waals surface area contributed by atoms with Crippen LogP contribution in [0, 0.1) is 17.8 Å². The van der Waals surface area contributed by atoms with Crippen LogP contribution in [0.25, 0.3) is 0 Å². The number of ether oxygens (including phenoxy) is 2. The fourth-order valence-electron chi connectivity index (χ4n) is 6.92. The van der Waals surface area contributed by atoms with Gasteiger partial charge >= 0.3 is 5.97 Å². The van der Waals surface area contributed by atoms with Crippen LogP contribution in [-0.2, 0) is 23.9 Å². The summed E-state index contributed by atoms with van der Waals surface area (Å²) in [6.07, 6.45) is 4.61. The Morgan fingerprint density at radius 1 is 1.26 bits per heavy atom. The number of fused-ring (bicyclic) bond motifs is 1. The standard InChI is InChI=1S/C28H43N3O6S/c1-6-10-30(12-11-29-13-16-36-17-14-29)25(34)23-28-9-8-27(5,38-28)22(26(35)37-15-7-2)21(28)24(33)31(23)20(18-32)19(3)4/h6-7,19-23,32H,1-2,8-18H2,3-5H3/t20-,21-,22+,23?,27-,28?/m0/s1. The summed E-state index contributed by atoms with van der Waals surface area (Å²) in [5.74, 6) is -2.16. The Morgan fingerprint density at radius 2 is 1.97 bits per heavy atom. The maximum Gasteiger partial charge on any atom is 0.311 e. The van der Waals surface area contributed by atoms with E-state index >= 15 is 0 Å². The predicted molar refractivity (Wildman–Crippen MR) is 146 cm³/mol. The highest BCUT2D eigenvalue weighted by atomic mass is 32.2. The lowest BCUT2D eigenvalue weighted by Crippen LogP contribution is -2.59. The van der Waals surface area contributed by atoms with Crippen molar-refractivity contribution in [3.63, 3.8) is 0 Å². The minimum Gasteiger partial charge on any atom is -0.461 e. The van der Waals surface area contributed by atoms with E-state index in [9.17, 15) is 19.5 Å². The number of carbonyl (C=O) groups excluding carboxylic acids is 3. The second kappa shape index (κ2) is 11.7. The van der Waals surface area contributed by atoms with Gasteiger partial charge in [0.05, 0.1) is 42.4 Å². The maximum absolute atomic E-state index is 14.5. The Hall–Kier alpha value is -1.88. The van der Waals surface area contributed by atoms with E-state index in [1.54, 1.807) is 27.6 Å². The van der Waals surface area contributed by atoms with Crippen molar-refractivity contribution in [1.29, 1.82) is 0 Å². The third kappa shape index (κ3) is 4.93. The molecule has 0 aromatic heterocycles. The number of morpholine rings is 1. The van der Waals surface area contributed by atoms with Crippen molar-refractivity contribution in [2.45, 2.75) is 55.2 Å². The van der Waals surface area contributed by atoms with Gasteiger partial charge in [0.25, 0.3) is 0 Å². The molecule has 0 aromatic rings. The molecule has 4 heterocycles. The van der Waals surface area contributed by atoms with Crippen molar-refractivity contribution in [2.75, 3.05) is 59.2 Å². The molecular formula is C28H43N3O6S. The molecule has 4 fully saturated rings. The lowest BCUT2D eigenvalue weighted by molar-refractivity contribution is -0.155. The van der Waals surface area contributed by atoms with E-state index in [2.05, 4.69) is 18.1 Å². The van der Waals surface area contributed by atoms with Gasteiger partial charge in [-0.25, -0.2) is 0 Å². The van der Waals surface area contributed by atoms with Crippen LogP contribution in [0.3, 0.4) is 0 Å². The molecular weight excluding hydrogens is 506 g/mol. The quantitative estimate of drug-likeness (QED) is 0.289. The van der Waals surface area contributed by atoms with Crippen molar-refractivity contribution in [3.05, 3.63) is 25.3 Å². The maximum atomic E-state index is 14.5. The lowest BCUT2D eigenvalue weighted by Gasteiger charge is -2.41. The predicted octanol–water partition coefficient (Wildman–Crippen LogP) is 1.56. The van der Waals surface area contributed by atoms with E-state index in [1.807, 2.05) is 20.8 Å². The van der Waals surface area contributed by atoms with E-state index in [1.165, 1.54) is 6.08 Å². The summed E-state index contributed by atoms with van der Waals surface area (Å²) in [5.41, 5.74) is 0. The highest BCUT2D eigenvalue weighted by Gasteiger charge is 2.78. The Morgan fingerprint density at radius 3 is 2.58 bits per heavy atom. The Kier molecular flexibility index (Phi) is 8.96. The van der Waals surface area contributed by atoms with E-state index in [0.717, 1.165) is 13.1 Å². The highest BCUT2D eigenvalue weighted by Crippen LogP contribution is 2.71. The minimum atomic E-state index is -0.770. The third-order valence-corrected chi connectivity index (χ3v) is 10.8. The monoisotopic (exact) mass is 549 g/mol. The summed E-state index contributed by atoms with van der Waals surface area (Å²) in [6.45, 7) is 17.8. The molecule has 1 spiro atoms. The van der Waals surface area contributed by atoms with Gasteiger partial charge in [-0.3, -0.25) is 19.3 Å². The average molecular weight is 550 g/mol. The van der Waals surface area contributed by atoms with E-state index in [4.69, 9.17) is 9.47 Å². The fraction of sp³-hybridized carbons (Fsp3) is 0.750. The van der Waals surface area contributed by atoms with Crippen LogP contribution in [0.1, 0.15) is 33.6 Å². The normalized spacial score (nSPS) is 33.3. The molecule has 212 valence electrons. The smallest absolute Gasteiger partial charge is 0.311 e. The zero-order valence-electron chi connectivity index (χ0n) is 23.0. The highest BCUT2D eigenvalue weighted by molar-refractivity contribution is 8.02. The molecule has 4 rings (SSSR count). The number of likely N-dealkylation sites (tertiary alicyclic amines) is 1. The fourth-order valence-corrected chi connectivity index (χ4v) is 9.24. The Balaban J connectivity index is 1.71. The van der Waals surface area contributed by atoms with E-state index in [0.29, 0.717) is 45.7 Å². The molecule has 0 saturated carbocycles. The summed E-state index contributed by atoms with van der Waals surface area (Å²) in [4.78, 5) is 47.8. The SMILES string of the molecule is C=CCOC(=O)[C@H]1[C@H]2C(=O)N([C@@H](CO)C(C)C)C(C(=O)N(CC=C)CCN3CCOCC3)C23CC[C@]1(C)S3. The minimum absolute atomic E-state index is 0.0698. The summed E-state index contributed by atoms with van der Waals surface area (Å²) in [5, 5.41) is 10.4. The summed E-state index contributed by atoms with van der Waals surface area (Å²) in [6, 6.07) is -1.30. The molecule has 0 aromatic carbocycles. The number of carbonyl (C=O) groups is 3. The van der Waals surface area contributed by atoms with E-state index in [-0.39, 0.29) is 30.9 Å². The van der Waals surface area contributed by atoms with Crippen LogP contribution >= 0.6 is 11.8 Å². The zero-order valence-corrected chi connectivity index (χ0v) is 23.8. The van der Waals surface area contributed by atoms with Gasteiger partial charge in [0.1, 0.15) is 12.6 Å². The Labute approximate surface area is 230 Å². The second-order valence-electron chi connectivity index (χ2n) is 11.4. The molecule has 2 amide bonds. The number of rotatable bonds is 12. The number of hydrogen-bond acceptors (Lipinski definition) is 8. The molecule has 2 bridgehead atoms. The van der Waals surface area contributed by atoms with Gasteiger partial charge in [0, 0.05) is 37.5 Å². The first-order valence-corrected chi connectivity index (χ1v) is 14.6. The molecule has 6 atom stereocenters. The first-order valence-electron chi connectivity index (χ1n) is 13.8. The van der Waals surface area contributed by atoms with Gasteiger partial charge in [-0.1, -0.05) is 32.6 Å². The van der Waals surface area contributed by atoms with Crippen LogP contribution in [0.5, 0.6) is 0 Å². The third-order valence-electron chi connectivity index (χ3n) is 8.81. The van der Waals surface area contributed by atoms with Crippen LogP contribution in [-0.4, -0.2) is 118 Å². The number of amides is 2. The molecule has 4 saturated heterocycles. The van der Waals surface area contributed by atoms with Gasteiger partial charge < -0.3 is 24.4 Å². The molecule has 38 heavy (non-hydrogen) atoms. The zero-order chi connectivity index (χ0) is 27.7. The number of aliphatic hydroxyl groups is 1. The Bertz CT molecular complexity index is 940. The topological polar surface area (TPSA) is 99.6 Å². The number of thioether (sulfide) groups is 1. The van der Waals surface area contributed by atoms with E-state index < -0.39 is 39.4 Å². The van der Waals surface area contributed by atoms with Crippen molar-refractivity contribution < 1.29 is 29.0 Å². The largest absolute Gasteiger partial charge is 0.461 e. The summed E-state index contributed by atoms with van der Waals surface area (Å²) >= 11 is 1.62. The number of hydrogen-bond donors (Lipinski definition) is 1. The van der Waals surface area contributed by atoms with Gasteiger partial charge in [0.2, 0.25) is 11.8 Å². The van der Waals surface area contributed by atoms with Crippen molar-refractivity contribution in [2.24, 2.45) is 17.8 Å². The molecule has 10 heteroatoms. The number of esters is 1. The van der Waals surface area contributed by atoms with Gasteiger partial charge in [-0.05, 0) is 25.7 Å². The first kappa shape index (κ1) is 29.1. The molecule has 1 N–H and O–H groups in total. The van der Waals surface area contributed by atoms with Crippen molar-refractivity contribution >= 4 is 29.5 Å². The lowest BCUT2D eigenvalue weighted by atomic mass is 9.66. The molecule has 4 aliphatic rings. The molecule has 9 nitrogen and oxygen atoms in total. The van der Waals surface area contributed by atoms with Crippen molar-refractivity contribution in [1.82, 2.24) is 14.7 Å². The number of nitrogens with zero attached hydrogens (tertiary/aromatic N) is 3. The number of aliphatic hydroxyl groups excluding tert-OH is 1. The van der Waals surface area contributed by atoms with Gasteiger partial charge in [-0.2, -0.15) is 0 Å². The van der Waals surface area contributed by atoms with Gasteiger partial charge in [-0.15, -0.1) is 18.3 Å². The summed E-state index contributed by atoms with van der Waals surface area (Å²) in [7, 11) is 0. The van der Waals surface area contributed by atoms with Crippen LogP contribution in [0.2, 0.25) is 0 Å².